The minimum Gasteiger partial charge on any atom is -0.294 e. The first-order valence-corrected chi connectivity index (χ1v) is 9.23. The number of terminal acetylenes is 1. The lowest BCUT2D eigenvalue weighted by Crippen LogP contribution is -2.31. The largest absolute Gasteiger partial charge is 0.416 e. The van der Waals surface area contributed by atoms with Crippen molar-refractivity contribution in [1.82, 2.24) is 14.9 Å². The van der Waals surface area contributed by atoms with E-state index < -0.39 is 11.7 Å². The van der Waals surface area contributed by atoms with Crippen LogP contribution < -0.4 is 0 Å². The summed E-state index contributed by atoms with van der Waals surface area (Å²) in [7, 11) is 0. The monoisotopic (exact) mass is 393 g/mol. The molecule has 0 atom stereocenters. The Hall–Kier alpha value is -3.17. The number of fused-ring (bicyclic) bond motifs is 1. The fraction of sp³-hybridized carbons (Fsp3) is 0.217. The summed E-state index contributed by atoms with van der Waals surface area (Å²) in [4.78, 5) is 11.3. The van der Waals surface area contributed by atoms with Crippen LogP contribution in [0.15, 0.2) is 54.7 Å². The van der Waals surface area contributed by atoms with E-state index >= 15 is 0 Å². The molecule has 29 heavy (non-hydrogen) atoms. The zero-order valence-corrected chi connectivity index (χ0v) is 15.6. The minimum absolute atomic E-state index is 0.448. The average Bonchev–Trinajstić information content (AvgIpc) is 2.73. The van der Waals surface area contributed by atoms with Gasteiger partial charge in [-0.05, 0) is 23.8 Å². The van der Waals surface area contributed by atoms with E-state index in [0.29, 0.717) is 17.9 Å². The van der Waals surface area contributed by atoms with E-state index in [1.54, 1.807) is 6.20 Å². The van der Waals surface area contributed by atoms with Crippen molar-refractivity contribution < 1.29 is 13.2 Å². The van der Waals surface area contributed by atoms with Gasteiger partial charge in [0.05, 0.1) is 11.3 Å². The number of benzene rings is 2. The third-order valence-corrected chi connectivity index (χ3v) is 5.05. The molecule has 4 rings (SSSR count). The summed E-state index contributed by atoms with van der Waals surface area (Å²) in [5.74, 6) is 3.17. The molecule has 3 nitrogen and oxygen atoms in total. The first kappa shape index (κ1) is 19.2. The van der Waals surface area contributed by atoms with Crippen LogP contribution in [0, 0.1) is 12.3 Å². The van der Waals surface area contributed by atoms with Gasteiger partial charge in [-0.3, -0.25) is 4.90 Å². The molecule has 1 aliphatic rings. The van der Waals surface area contributed by atoms with E-state index in [0.717, 1.165) is 54.0 Å². The number of alkyl halides is 3. The number of nitrogens with zero attached hydrogens (tertiary/aromatic N) is 3. The molecule has 0 unspecified atom stereocenters. The van der Waals surface area contributed by atoms with Crippen LogP contribution in [0.5, 0.6) is 0 Å². The molecule has 0 saturated heterocycles. The summed E-state index contributed by atoms with van der Waals surface area (Å²) >= 11 is 0. The van der Waals surface area contributed by atoms with Gasteiger partial charge in [0.25, 0.3) is 0 Å². The quantitative estimate of drug-likeness (QED) is 0.604. The molecule has 0 saturated carbocycles. The summed E-state index contributed by atoms with van der Waals surface area (Å²) in [5.41, 5.74) is 3.88. The van der Waals surface area contributed by atoms with Gasteiger partial charge in [0, 0.05) is 48.9 Å². The van der Waals surface area contributed by atoms with Gasteiger partial charge in [0.15, 0.2) is 5.82 Å². The van der Waals surface area contributed by atoms with Gasteiger partial charge in [0.2, 0.25) is 0 Å². The van der Waals surface area contributed by atoms with Crippen LogP contribution in [0.2, 0.25) is 0 Å². The van der Waals surface area contributed by atoms with Crippen molar-refractivity contribution >= 4 is 0 Å². The zero-order chi connectivity index (χ0) is 20.4. The van der Waals surface area contributed by atoms with E-state index in [1.165, 1.54) is 12.1 Å². The number of halogens is 3. The van der Waals surface area contributed by atoms with Gasteiger partial charge in [-0.1, -0.05) is 36.3 Å². The molecule has 6 heteroatoms. The van der Waals surface area contributed by atoms with Gasteiger partial charge in [-0.15, -0.1) is 6.42 Å². The summed E-state index contributed by atoms with van der Waals surface area (Å²) in [6.45, 7) is 2.29. The van der Waals surface area contributed by atoms with Crippen molar-refractivity contribution in [3.63, 3.8) is 0 Å². The topological polar surface area (TPSA) is 29.0 Å². The molecule has 0 radical (unpaired) electrons. The predicted octanol–water partition coefficient (Wildman–Crippen LogP) is 4.70. The molecule has 1 aliphatic heterocycles. The van der Waals surface area contributed by atoms with Crippen molar-refractivity contribution in [3.8, 4) is 23.7 Å². The van der Waals surface area contributed by atoms with Crippen LogP contribution >= 0.6 is 0 Å². The van der Waals surface area contributed by atoms with Crippen LogP contribution in [0.4, 0.5) is 13.2 Å². The Morgan fingerprint density at radius 1 is 1.07 bits per heavy atom. The van der Waals surface area contributed by atoms with E-state index in [4.69, 9.17) is 6.42 Å². The van der Waals surface area contributed by atoms with E-state index in [9.17, 15) is 13.2 Å². The molecule has 3 aromatic rings. The molecular formula is C23H18F3N3. The lowest BCUT2D eigenvalue weighted by atomic mass is 10.0. The Morgan fingerprint density at radius 2 is 1.83 bits per heavy atom. The summed E-state index contributed by atoms with van der Waals surface area (Å²) in [6, 6.07) is 12.8. The maximum Gasteiger partial charge on any atom is 0.416 e. The van der Waals surface area contributed by atoms with E-state index in [2.05, 4.69) is 20.8 Å². The Balaban J connectivity index is 1.51. The SMILES string of the molecule is C#Cc1ccccc1CN1CCc2nc(-c3ccc(C(F)(F)F)cc3)ncc2C1. The Kier molecular flexibility index (Phi) is 5.08. The van der Waals surface area contributed by atoms with Gasteiger partial charge >= 0.3 is 6.18 Å². The number of aromatic nitrogens is 2. The maximum atomic E-state index is 12.7. The number of hydrogen-bond acceptors (Lipinski definition) is 3. The molecule has 2 heterocycles. The molecule has 0 bridgehead atoms. The van der Waals surface area contributed by atoms with Crippen LogP contribution in [-0.4, -0.2) is 21.4 Å². The summed E-state index contributed by atoms with van der Waals surface area (Å²) in [5, 5.41) is 0. The lowest BCUT2D eigenvalue weighted by Gasteiger charge is -2.28. The second kappa shape index (κ2) is 7.69. The highest BCUT2D eigenvalue weighted by atomic mass is 19.4. The van der Waals surface area contributed by atoms with Crippen molar-refractivity contribution in [2.45, 2.75) is 25.7 Å². The van der Waals surface area contributed by atoms with Crippen molar-refractivity contribution in [1.29, 1.82) is 0 Å². The molecule has 1 aromatic heterocycles. The molecular weight excluding hydrogens is 375 g/mol. The average molecular weight is 393 g/mol. The summed E-state index contributed by atoms with van der Waals surface area (Å²) < 4.78 is 38.2. The molecule has 2 aromatic carbocycles. The van der Waals surface area contributed by atoms with Crippen molar-refractivity contribution in [3.05, 3.63) is 82.7 Å². The highest BCUT2D eigenvalue weighted by Gasteiger charge is 2.30. The van der Waals surface area contributed by atoms with Gasteiger partial charge in [-0.2, -0.15) is 13.2 Å². The van der Waals surface area contributed by atoms with Gasteiger partial charge in [0.1, 0.15) is 0 Å². The Labute approximate surface area is 167 Å². The highest BCUT2D eigenvalue weighted by Crippen LogP contribution is 2.30. The highest BCUT2D eigenvalue weighted by molar-refractivity contribution is 5.56. The Morgan fingerprint density at radius 3 is 2.55 bits per heavy atom. The van der Waals surface area contributed by atoms with Crippen LogP contribution in [-0.2, 0) is 25.7 Å². The molecule has 0 amide bonds. The van der Waals surface area contributed by atoms with Crippen molar-refractivity contribution in [2.75, 3.05) is 6.54 Å². The summed E-state index contributed by atoms with van der Waals surface area (Å²) in [6.07, 6.45) is 3.76. The maximum absolute atomic E-state index is 12.7. The van der Waals surface area contributed by atoms with Crippen LogP contribution in [0.25, 0.3) is 11.4 Å². The van der Waals surface area contributed by atoms with E-state index in [-0.39, 0.29) is 0 Å². The molecule has 0 aliphatic carbocycles. The number of hydrogen-bond donors (Lipinski definition) is 0. The number of rotatable bonds is 3. The van der Waals surface area contributed by atoms with Gasteiger partial charge < -0.3 is 0 Å². The fourth-order valence-corrected chi connectivity index (χ4v) is 3.50. The molecule has 0 N–H and O–H groups in total. The zero-order valence-electron chi connectivity index (χ0n) is 15.6. The molecule has 146 valence electrons. The first-order valence-electron chi connectivity index (χ1n) is 9.23. The smallest absolute Gasteiger partial charge is 0.294 e. The second-order valence-electron chi connectivity index (χ2n) is 7.00. The fourth-order valence-electron chi connectivity index (χ4n) is 3.50. The van der Waals surface area contributed by atoms with E-state index in [1.807, 2.05) is 24.3 Å². The van der Waals surface area contributed by atoms with Crippen LogP contribution in [0.1, 0.15) is 27.9 Å². The molecule has 0 fully saturated rings. The van der Waals surface area contributed by atoms with Crippen molar-refractivity contribution in [2.24, 2.45) is 0 Å². The molecule has 0 spiro atoms. The standard InChI is InChI=1S/C23H18F3N3/c1-2-16-5-3-4-6-18(16)14-29-12-11-21-19(15-29)13-27-22(28-21)17-7-9-20(10-8-17)23(24,25)26/h1,3-10,13H,11-12,14-15H2. The van der Waals surface area contributed by atoms with Crippen LogP contribution in [0.3, 0.4) is 0 Å². The van der Waals surface area contributed by atoms with Gasteiger partial charge in [-0.25, -0.2) is 9.97 Å². The normalized spacial score (nSPS) is 14.3. The third-order valence-electron chi connectivity index (χ3n) is 5.05. The lowest BCUT2D eigenvalue weighted by molar-refractivity contribution is -0.137. The first-order chi connectivity index (χ1) is 13.9. The predicted molar refractivity (Wildman–Crippen MR) is 105 cm³/mol. The third kappa shape index (κ3) is 4.15. The Bertz CT molecular complexity index is 1070. The second-order valence-corrected chi connectivity index (χ2v) is 7.00. The minimum atomic E-state index is -4.35.